The van der Waals surface area contributed by atoms with Crippen molar-refractivity contribution in [3.05, 3.63) is 23.8 Å². The van der Waals surface area contributed by atoms with E-state index in [1.807, 2.05) is 6.92 Å². The molecule has 0 aliphatic carbocycles. The van der Waals surface area contributed by atoms with E-state index in [1.54, 1.807) is 19.1 Å². The molecule has 0 aromatic heterocycles. The van der Waals surface area contributed by atoms with Crippen LogP contribution in [-0.2, 0) is 9.53 Å². The summed E-state index contributed by atoms with van der Waals surface area (Å²) in [4.78, 5) is 25.4. The van der Waals surface area contributed by atoms with Crippen LogP contribution in [-0.4, -0.2) is 36.5 Å². The Labute approximate surface area is 118 Å². The molecular weight excluding hydrogens is 258 g/mol. The fourth-order valence-electron chi connectivity index (χ4n) is 1.83. The van der Waals surface area contributed by atoms with Crippen molar-refractivity contribution in [3.8, 4) is 0 Å². The third-order valence-electron chi connectivity index (χ3n) is 2.71. The van der Waals surface area contributed by atoms with Crippen molar-refractivity contribution in [2.24, 2.45) is 0 Å². The largest absolute Gasteiger partial charge is 0.465 e. The summed E-state index contributed by atoms with van der Waals surface area (Å²) in [6.45, 7) is 4.32. The minimum absolute atomic E-state index is 0.0790. The van der Waals surface area contributed by atoms with Crippen LogP contribution >= 0.6 is 0 Å². The van der Waals surface area contributed by atoms with E-state index in [0.29, 0.717) is 23.5 Å². The van der Waals surface area contributed by atoms with Gasteiger partial charge in [0.2, 0.25) is 0 Å². The van der Waals surface area contributed by atoms with Crippen LogP contribution in [0.5, 0.6) is 0 Å². The van der Waals surface area contributed by atoms with Gasteiger partial charge in [-0.3, -0.25) is 9.59 Å². The normalized spacial score (nSPS) is 10.1. The Kier molecular flexibility index (Phi) is 5.83. The molecule has 0 spiro atoms. The maximum atomic E-state index is 12.4. The molecule has 0 aliphatic rings. The number of amides is 1. The van der Waals surface area contributed by atoms with Gasteiger partial charge in [-0.15, -0.1) is 0 Å². The van der Waals surface area contributed by atoms with E-state index in [4.69, 9.17) is 16.2 Å². The summed E-state index contributed by atoms with van der Waals surface area (Å²) in [6.07, 6.45) is 0.736. The highest BCUT2D eigenvalue weighted by atomic mass is 16.5. The van der Waals surface area contributed by atoms with Gasteiger partial charge in [0.25, 0.3) is 5.91 Å². The van der Waals surface area contributed by atoms with Gasteiger partial charge in [-0.05, 0) is 31.5 Å². The van der Waals surface area contributed by atoms with E-state index in [1.165, 1.54) is 11.0 Å². The predicted molar refractivity (Wildman–Crippen MR) is 78.1 cm³/mol. The average Bonchev–Trinajstić information content (AvgIpc) is 2.38. The number of hydrogen-bond acceptors (Lipinski definition) is 5. The number of esters is 1. The molecule has 1 aromatic carbocycles. The van der Waals surface area contributed by atoms with Crippen molar-refractivity contribution >= 4 is 23.3 Å². The van der Waals surface area contributed by atoms with E-state index in [9.17, 15) is 9.59 Å². The van der Waals surface area contributed by atoms with Gasteiger partial charge >= 0.3 is 5.97 Å². The molecule has 0 heterocycles. The average molecular weight is 279 g/mol. The number of carbonyl (C=O) groups is 2. The molecule has 110 valence electrons. The molecule has 1 rings (SSSR count). The molecule has 4 N–H and O–H groups in total. The molecule has 1 aromatic rings. The van der Waals surface area contributed by atoms with Gasteiger partial charge in [-0.2, -0.15) is 0 Å². The molecular formula is C14H21N3O3. The minimum atomic E-state index is -0.427. The van der Waals surface area contributed by atoms with E-state index in [-0.39, 0.29) is 19.1 Å². The number of nitrogens with zero attached hydrogens (tertiary/aromatic N) is 1. The van der Waals surface area contributed by atoms with Gasteiger partial charge in [0, 0.05) is 17.9 Å². The number of rotatable bonds is 6. The van der Waals surface area contributed by atoms with Crippen LogP contribution in [0.4, 0.5) is 11.4 Å². The summed E-state index contributed by atoms with van der Waals surface area (Å²) >= 11 is 0. The highest BCUT2D eigenvalue weighted by Crippen LogP contribution is 2.18. The zero-order valence-electron chi connectivity index (χ0n) is 11.9. The van der Waals surface area contributed by atoms with Crippen molar-refractivity contribution < 1.29 is 14.3 Å². The summed E-state index contributed by atoms with van der Waals surface area (Å²) in [6, 6.07) is 4.71. The Morgan fingerprint density at radius 1 is 1.25 bits per heavy atom. The Hall–Kier alpha value is -2.24. The van der Waals surface area contributed by atoms with Gasteiger partial charge in [-0.25, -0.2) is 0 Å². The molecule has 0 atom stereocenters. The highest BCUT2D eigenvalue weighted by molar-refractivity contribution is 6.00. The van der Waals surface area contributed by atoms with Gasteiger partial charge in [0.05, 0.1) is 12.2 Å². The molecule has 0 radical (unpaired) electrons. The lowest BCUT2D eigenvalue weighted by Crippen LogP contribution is -2.37. The summed E-state index contributed by atoms with van der Waals surface area (Å²) < 4.78 is 4.87. The van der Waals surface area contributed by atoms with Gasteiger partial charge in [0.1, 0.15) is 6.54 Å². The maximum Gasteiger partial charge on any atom is 0.325 e. The van der Waals surface area contributed by atoms with Crippen LogP contribution in [0.25, 0.3) is 0 Å². The second kappa shape index (κ2) is 7.37. The molecule has 1 amide bonds. The quantitative estimate of drug-likeness (QED) is 0.603. The number of nitrogen functional groups attached to an aromatic ring is 2. The lowest BCUT2D eigenvalue weighted by Gasteiger charge is -2.21. The van der Waals surface area contributed by atoms with Crippen LogP contribution in [0, 0.1) is 0 Å². The predicted octanol–water partition coefficient (Wildman–Crippen LogP) is 1.27. The van der Waals surface area contributed by atoms with Gasteiger partial charge in [-0.1, -0.05) is 6.92 Å². The molecule has 0 unspecified atom stereocenters. The Morgan fingerprint density at radius 2 is 1.95 bits per heavy atom. The smallest absolute Gasteiger partial charge is 0.325 e. The standard InChI is InChI=1S/C14H21N3O3/c1-3-7-17(9-13(18)20-4-2)14(19)11-6-5-10(15)8-12(11)16/h5-6,8H,3-4,7,9,15-16H2,1-2H3. The fraction of sp³-hybridized carbons (Fsp3) is 0.429. The first kappa shape index (κ1) is 15.8. The van der Waals surface area contributed by atoms with Crippen molar-refractivity contribution in [1.82, 2.24) is 4.90 Å². The summed E-state index contributed by atoms with van der Waals surface area (Å²) in [5, 5.41) is 0. The maximum absolute atomic E-state index is 12.4. The molecule has 0 aliphatic heterocycles. The number of hydrogen-bond donors (Lipinski definition) is 2. The first-order valence-corrected chi connectivity index (χ1v) is 6.59. The van der Waals surface area contributed by atoms with E-state index < -0.39 is 5.97 Å². The third-order valence-corrected chi connectivity index (χ3v) is 2.71. The number of benzene rings is 1. The molecule has 0 saturated heterocycles. The van der Waals surface area contributed by atoms with Gasteiger partial charge in [0.15, 0.2) is 0 Å². The molecule has 6 nitrogen and oxygen atoms in total. The zero-order chi connectivity index (χ0) is 15.1. The molecule has 0 saturated carbocycles. The van der Waals surface area contributed by atoms with Crippen LogP contribution in [0.1, 0.15) is 30.6 Å². The minimum Gasteiger partial charge on any atom is -0.465 e. The summed E-state index contributed by atoms with van der Waals surface area (Å²) in [5.74, 6) is -0.722. The zero-order valence-corrected chi connectivity index (χ0v) is 11.9. The summed E-state index contributed by atoms with van der Waals surface area (Å²) in [7, 11) is 0. The third kappa shape index (κ3) is 4.15. The molecule has 0 bridgehead atoms. The van der Waals surface area contributed by atoms with E-state index in [2.05, 4.69) is 0 Å². The number of anilines is 2. The van der Waals surface area contributed by atoms with Crippen molar-refractivity contribution in [1.29, 1.82) is 0 Å². The lowest BCUT2D eigenvalue weighted by molar-refractivity contribution is -0.143. The van der Waals surface area contributed by atoms with Crippen LogP contribution in [0.15, 0.2) is 18.2 Å². The van der Waals surface area contributed by atoms with E-state index in [0.717, 1.165) is 6.42 Å². The molecule has 6 heteroatoms. The molecule has 20 heavy (non-hydrogen) atoms. The first-order valence-electron chi connectivity index (χ1n) is 6.59. The number of ether oxygens (including phenoxy) is 1. The van der Waals surface area contributed by atoms with Crippen molar-refractivity contribution in [2.45, 2.75) is 20.3 Å². The SMILES string of the molecule is CCCN(CC(=O)OCC)C(=O)c1ccc(N)cc1N. The van der Waals surface area contributed by atoms with Crippen LogP contribution in [0.2, 0.25) is 0 Å². The summed E-state index contributed by atoms with van der Waals surface area (Å²) in [5.41, 5.74) is 12.5. The first-order chi connectivity index (χ1) is 9.49. The monoisotopic (exact) mass is 279 g/mol. The highest BCUT2D eigenvalue weighted by Gasteiger charge is 2.20. The molecule has 0 fully saturated rings. The van der Waals surface area contributed by atoms with Crippen molar-refractivity contribution in [3.63, 3.8) is 0 Å². The second-order valence-electron chi connectivity index (χ2n) is 4.38. The Morgan fingerprint density at radius 3 is 2.50 bits per heavy atom. The lowest BCUT2D eigenvalue weighted by atomic mass is 10.1. The number of nitrogens with two attached hydrogens (primary N) is 2. The van der Waals surface area contributed by atoms with Crippen LogP contribution < -0.4 is 11.5 Å². The number of carbonyl (C=O) groups excluding carboxylic acids is 2. The topological polar surface area (TPSA) is 98.6 Å². The second-order valence-corrected chi connectivity index (χ2v) is 4.38. The Bertz CT molecular complexity index is 489. The van der Waals surface area contributed by atoms with Crippen LogP contribution in [0.3, 0.4) is 0 Å². The van der Waals surface area contributed by atoms with Gasteiger partial charge < -0.3 is 21.1 Å². The van der Waals surface area contributed by atoms with E-state index >= 15 is 0 Å². The Balaban J connectivity index is 2.90. The van der Waals surface area contributed by atoms with Crippen molar-refractivity contribution in [2.75, 3.05) is 31.2 Å². The fourth-order valence-corrected chi connectivity index (χ4v) is 1.83.